The van der Waals surface area contributed by atoms with E-state index in [0.717, 1.165) is 49.1 Å². The van der Waals surface area contributed by atoms with Gasteiger partial charge >= 0.3 is 0 Å². The first kappa shape index (κ1) is 59.2. The molecule has 6 rings (SSSR count). The third kappa shape index (κ3) is 17.0. The van der Waals surface area contributed by atoms with Crippen LogP contribution in [0.2, 0.25) is 0 Å². The minimum Gasteiger partial charge on any atom is -0.508 e. The van der Waals surface area contributed by atoms with Crippen LogP contribution in [0.5, 0.6) is 5.75 Å². The summed E-state index contributed by atoms with van der Waals surface area (Å²) >= 11 is 0. The smallest absolute Gasteiger partial charge is 0.244 e. The fourth-order valence-corrected chi connectivity index (χ4v) is 11.1. The number of nitrogens with one attached hydrogen (secondary N) is 7. The Bertz CT molecular complexity index is 2800. The zero-order valence-electron chi connectivity index (χ0n) is 43.2. The summed E-state index contributed by atoms with van der Waals surface area (Å²) in [5.74, 6) is -7.70. The number of rotatable bonds is 17. The van der Waals surface area contributed by atoms with Gasteiger partial charge in [0.1, 0.15) is 48.0 Å². The molecule has 15 N–H and O–H groups in total. The fourth-order valence-electron chi connectivity index (χ4n) is 8.76. The van der Waals surface area contributed by atoms with Gasteiger partial charge in [0.25, 0.3) is 0 Å². The van der Waals surface area contributed by atoms with Crippen LogP contribution >= 0.6 is 21.6 Å². The van der Waals surface area contributed by atoms with Crippen LogP contribution in [-0.4, -0.2) is 136 Å². The highest BCUT2D eigenvalue weighted by Crippen LogP contribution is 2.25. The first-order valence-corrected chi connectivity index (χ1v) is 28.0. The maximum Gasteiger partial charge on any atom is 0.244 e. The van der Waals surface area contributed by atoms with Gasteiger partial charge in [-0.25, -0.2) is 0 Å². The summed E-state index contributed by atoms with van der Waals surface area (Å²) in [7, 11) is 2.03. The topological polar surface area (TPSA) is 352 Å². The van der Waals surface area contributed by atoms with E-state index in [1.807, 2.05) is 66.7 Å². The van der Waals surface area contributed by atoms with Crippen LogP contribution in [0.4, 0.5) is 0 Å². The molecule has 2 heterocycles. The molecular formula is C54H69N11O10S2. The van der Waals surface area contributed by atoms with Gasteiger partial charge in [0.15, 0.2) is 0 Å². The molecule has 0 spiro atoms. The van der Waals surface area contributed by atoms with E-state index in [1.165, 1.54) is 19.1 Å². The lowest BCUT2D eigenvalue weighted by atomic mass is 9.98. The molecule has 2 aliphatic heterocycles. The number of aliphatic imine (C=N–C) groups is 1. The molecule has 9 unspecified atom stereocenters. The highest BCUT2D eigenvalue weighted by Gasteiger charge is 2.37. The van der Waals surface area contributed by atoms with Crippen molar-refractivity contribution in [1.29, 1.82) is 0 Å². The summed E-state index contributed by atoms with van der Waals surface area (Å²) in [6, 6.07) is 15.8. The Morgan fingerprint density at radius 1 is 0.727 bits per heavy atom. The van der Waals surface area contributed by atoms with Crippen LogP contribution in [0, 0.1) is 5.92 Å². The van der Waals surface area contributed by atoms with Crippen molar-refractivity contribution in [2.75, 3.05) is 18.1 Å². The Labute approximate surface area is 454 Å². The highest BCUT2D eigenvalue weighted by molar-refractivity contribution is 8.76. The van der Waals surface area contributed by atoms with Crippen LogP contribution in [0.15, 0.2) is 96.0 Å². The number of aliphatic hydroxyl groups excluding tert-OH is 1. The van der Waals surface area contributed by atoms with E-state index in [0.29, 0.717) is 30.7 Å². The van der Waals surface area contributed by atoms with E-state index in [-0.39, 0.29) is 49.5 Å². The molecule has 1 fully saturated rings. The number of hydrogen-bond donors (Lipinski definition) is 12. The zero-order valence-corrected chi connectivity index (χ0v) is 44.8. The Morgan fingerprint density at radius 3 is 2.04 bits per heavy atom. The Morgan fingerprint density at radius 2 is 1.35 bits per heavy atom. The number of carbonyl (C=O) groups is 8. The minimum absolute atomic E-state index is 0.0511. The van der Waals surface area contributed by atoms with Gasteiger partial charge in [0, 0.05) is 35.6 Å². The predicted octanol–water partition coefficient (Wildman–Crippen LogP) is 0.491. The molecule has 21 nitrogen and oxygen atoms in total. The van der Waals surface area contributed by atoms with Crippen LogP contribution in [0.1, 0.15) is 68.7 Å². The maximum absolute atomic E-state index is 14.9. The van der Waals surface area contributed by atoms with E-state index in [4.69, 9.17) is 22.2 Å². The number of unbranched alkanes of at least 4 members (excludes halogenated alkanes) is 1. The average molecular weight is 1100 g/mol. The van der Waals surface area contributed by atoms with Gasteiger partial charge in [0.2, 0.25) is 47.3 Å². The number of hydrogen-bond acceptors (Lipinski definition) is 15. The molecule has 0 bridgehead atoms. The van der Waals surface area contributed by atoms with Gasteiger partial charge in [-0.3, -0.25) is 43.3 Å². The van der Waals surface area contributed by atoms with Gasteiger partial charge in [-0.05, 0) is 84.7 Å². The van der Waals surface area contributed by atoms with E-state index < -0.39 is 108 Å². The third-order valence-electron chi connectivity index (χ3n) is 13.1. The number of amides is 8. The summed E-state index contributed by atoms with van der Waals surface area (Å²) in [6.45, 7) is 5.17. The van der Waals surface area contributed by atoms with Crippen molar-refractivity contribution in [2.45, 2.75) is 120 Å². The second kappa shape index (κ2) is 28.4. The maximum atomic E-state index is 14.9. The van der Waals surface area contributed by atoms with E-state index in [9.17, 15) is 48.6 Å². The van der Waals surface area contributed by atoms with Gasteiger partial charge in [0.05, 0.1) is 18.7 Å². The molecule has 0 aromatic heterocycles. The van der Waals surface area contributed by atoms with Gasteiger partial charge in [-0.1, -0.05) is 114 Å². The third-order valence-corrected chi connectivity index (χ3v) is 15.6. The SMILES string of the molecule is CC(C)C1NC(=O)C(CCCCN)NC(=O)C(CC2=NCc3ccccc32)NC(=O)C(Cc2ccc(O)cc2)NC(=O)C(NC(=O)C(N)Cc2ccc3ccccc3c2)CSSCC(C(=O)NC(C(N)=O)C(C)O)NC1=O. The lowest BCUT2D eigenvalue weighted by molar-refractivity contribution is -0.136. The number of phenols is 1. The highest BCUT2D eigenvalue weighted by atomic mass is 33.1. The summed E-state index contributed by atoms with van der Waals surface area (Å²) < 4.78 is 0. The van der Waals surface area contributed by atoms with Gasteiger partial charge in [-0.15, -0.1) is 0 Å². The molecule has 9 atom stereocenters. The van der Waals surface area contributed by atoms with E-state index >= 15 is 0 Å². The summed E-state index contributed by atoms with van der Waals surface area (Å²) in [5.41, 5.74) is 21.3. The quantitative estimate of drug-likeness (QED) is 0.0506. The second-order valence-electron chi connectivity index (χ2n) is 19.5. The summed E-state index contributed by atoms with van der Waals surface area (Å²) in [6.07, 6.45) is -0.708. The van der Waals surface area contributed by atoms with Crippen LogP contribution in [0.3, 0.4) is 0 Å². The lowest BCUT2D eigenvalue weighted by Crippen LogP contribution is -2.62. The lowest BCUT2D eigenvalue weighted by Gasteiger charge is -2.29. The molecule has 412 valence electrons. The van der Waals surface area contributed by atoms with Crippen molar-refractivity contribution in [3.05, 3.63) is 113 Å². The van der Waals surface area contributed by atoms with Crippen LogP contribution in [0.25, 0.3) is 10.8 Å². The van der Waals surface area contributed by atoms with Crippen molar-refractivity contribution >= 4 is 85.3 Å². The predicted molar refractivity (Wildman–Crippen MR) is 296 cm³/mol. The molecule has 77 heavy (non-hydrogen) atoms. The number of aromatic hydroxyl groups is 1. The fraction of sp³-hybridized carbons (Fsp3) is 0.426. The molecule has 1 saturated heterocycles. The Kier molecular flexibility index (Phi) is 21.8. The number of nitrogens with two attached hydrogens (primary N) is 3. The van der Waals surface area contributed by atoms with Crippen molar-refractivity contribution in [3.8, 4) is 5.75 Å². The number of carbonyl (C=O) groups excluding carboxylic acids is 8. The van der Waals surface area contributed by atoms with Crippen molar-refractivity contribution in [1.82, 2.24) is 37.2 Å². The van der Waals surface area contributed by atoms with Gasteiger partial charge in [-0.2, -0.15) is 0 Å². The molecule has 0 saturated carbocycles. The number of aliphatic hydroxyl groups is 1. The molecule has 2 aliphatic rings. The average Bonchev–Trinajstić information content (AvgIpc) is 3.81. The monoisotopic (exact) mass is 1100 g/mol. The molecule has 4 aromatic carbocycles. The second-order valence-corrected chi connectivity index (χ2v) is 22.1. The van der Waals surface area contributed by atoms with E-state index in [2.05, 4.69) is 37.2 Å². The van der Waals surface area contributed by atoms with Crippen molar-refractivity contribution in [3.63, 3.8) is 0 Å². The Balaban J connectivity index is 1.39. The van der Waals surface area contributed by atoms with Crippen LogP contribution < -0.4 is 54.4 Å². The Hall–Kier alpha value is -7.05. The molecule has 0 radical (unpaired) electrons. The first-order chi connectivity index (χ1) is 36.8. The normalized spacial score (nSPS) is 22.2. The minimum atomic E-state index is -1.55. The van der Waals surface area contributed by atoms with Crippen LogP contribution in [-0.2, 0) is 57.7 Å². The summed E-state index contributed by atoms with van der Waals surface area (Å²) in [4.78, 5) is 118. The molecule has 0 aliphatic carbocycles. The summed E-state index contributed by atoms with van der Waals surface area (Å²) in [5, 5.41) is 41.3. The molecule has 4 aromatic rings. The van der Waals surface area contributed by atoms with Crippen molar-refractivity contribution < 1.29 is 48.6 Å². The molecule has 8 amide bonds. The number of primary amides is 1. The molecular weight excluding hydrogens is 1030 g/mol. The number of benzene rings is 4. The standard InChI is InChI=1S/C54H69N11O10S2/c1-29(2)45-54(75)63-44(53(74)65-46(30(3)66)47(57)68)28-77-76-27-43(62-48(69)38(56)23-32-15-18-33-10-4-5-11-34(33)22-32)52(73)60-41(24-31-16-19-36(67)20-17-31)50(71)61-42(25-40-37-13-7-6-12-35(37)26-58-40)51(72)59-39(49(70)64-45)14-8-9-21-55/h4-7,10-13,15-20,22,29-30,38-39,41-46,66-67H,8-9,14,21,23-28,55-56H2,1-3H3,(H2,57,68)(H,59,72)(H,60,73)(H,61,71)(H,62,69)(H,63,75)(H,64,70)(H,65,74). The van der Waals surface area contributed by atoms with Crippen molar-refractivity contribution in [2.24, 2.45) is 28.1 Å². The number of nitrogens with zero attached hydrogens (tertiary/aromatic N) is 1. The van der Waals surface area contributed by atoms with Gasteiger partial charge < -0.3 is 64.6 Å². The largest absolute Gasteiger partial charge is 0.508 e. The number of fused-ring (bicyclic) bond motifs is 2. The first-order valence-electron chi connectivity index (χ1n) is 25.5. The molecule has 23 heteroatoms. The van der Waals surface area contributed by atoms with E-state index in [1.54, 1.807) is 26.0 Å². The zero-order chi connectivity index (χ0) is 55.8. The number of phenolic OH excluding ortho intramolecular Hbond substituents is 1.